The van der Waals surface area contributed by atoms with E-state index in [4.69, 9.17) is 46.4 Å². The topological polar surface area (TPSA) is 86.8 Å². The largest absolute Gasteiger partial charge is 0.354 e. The molecular formula is C28H29Cl4N3O4S. The van der Waals surface area contributed by atoms with Crippen LogP contribution in [0.15, 0.2) is 71.6 Å². The van der Waals surface area contributed by atoms with E-state index in [1.165, 1.54) is 35.2 Å². The molecule has 7 nitrogen and oxygen atoms in total. The number of nitrogens with one attached hydrogen (secondary N) is 1. The average Bonchev–Trinajstić information content (AvgIpc) is 2.91. The molecule has 3 rings (SSSR count). The molecule has 0 bridgehead atoms. The quantitative estimate of drug-likeness (QED) is 0.252. The van der Waals surface area contributed by atoms with Gasteiger partial charge in [0.05, 0.1) is 20.6 Å². The maximum atomic E-state index is 14.0. The Balaban J connectivity index is 2.06. The fourth-order valence-electron chi connectivity index (χ4n) is 3.78. The molecule has 1 N–H and O–H groups in total. The predicted molar refractivity (Wildman–Crippen MR) is 162 cm³/mol. The Kier molecular flexibility index (Phi) is 11.1. The molecule has 0 aliphatic carbocycles. The molecule has 0 fully saturated rings. The van der Waals surface area contributed by atoms with Crippen LogP contribution in [0.1, 0.15) is 26.3 Å². The zero-order valence-electron chi connectivity index (χ0n) is 22.1. The maximum Gasteiger partial charge on any atom is 0.264 e. The molecule has 0 heterocycles. The Bertz CT molecular complexity index is 1450. The molecule has 0 spiro atoms. The number of anilines is 1. The monoisotopic (exact) mass is 643 g/mol. The Morgan fingerprint density at radius 1 is 0.825 bits per heavy atom. The van der Waals surface area contributed by atoms with E-state index < -0.39 is 34.4 Å². The van der Waals surface area contributed by atoms with Gasteiger partial charge in [-0.1, -0.05) is 84.5 Å². The normalized spacial score (nSPS) is 12.2. The number of rotatable bonds is 11. The van der Waals surface area contributed by atoms with Crippen molar-refractivity contribution in [1.29, 1.82) is 0 Å². The van der Waals surface area contributed by atoms with Crippen LogP contribution in [0, 0.1) is 5.92 Å². The van der Waals surface area contributed by atoms with Crippen LogP contribution >= 0.6 is 46.4 Å². The summed E-state index contributed by atoms with van der Waals surface area (Å²) in [6.45, 7) is 5.08. The van der Waals surface area contributed by atoms with E-state index >= 15 is 0 Å². The maximum absolute atomic E-state index is 14.0. The van der Waals surface area contributed by atoms with Gasteiger partial charge >= 0.3 is 0 Å². The first-order valence-corrected chi connectivity index (χ1v) is 15.3. The number of amides is 2. The van der Waals surface area contributed by atoms with Crippen LogP contribution in [0.5, 0.6) is 0 Å². The molecule has 0 aromatic heterocycles. The summed E-state index contributed by atoms with van der Waals surface area (Å²) in [5, 5.41) is 3.77. The molecule has 0 aliphatic rings. The van der Waals surface area contributed by atoms with Gasteiger partial charge in [0.25, 0.3) is 10.0 Å². The molecule has 0 aliphatic heterocycles. The van der Waals surface area contributed by atoms with Gasteiger partial charge < -0.3 is 10.2 Å². The van der Waals surface area contributed by atoms with Gasteiger partial charge in [-0.2, -0.15) is 0 Å². The van der Waals surface area contributed by atoms with E-state index in [0.29, 0.717) is 22.2 Å². The first-order chi connectivity index (χ1) is 18.8. The van der Waals surface area contributed by atoms with Crippen LogP contribution in [-0.2, 0) is 26.2 Å². The zero-order valence-corrected chi connectivity index (χ0v) is 25.9. The van der Waals surface area contributed by atoms with Gasteiger partial charge in [-0.25, -0.2) is 8.42 Å². The molecule has 3 aromatic rings. The number of benzene rings is 3. The summed E-state index contributed by atoms with van der Waals surface area (Å²) in [4.78, 5) is 28.3. The number of hydrogen-bond acceptors (Lipinski definition) is 4. The Morgan fingerprint density at radius 3 is 2.02 bits per heavy atom. The van der Waals surface area contributed by atoms with Crippen molar-refractivity contribution in [3.05, 3.63) is 92.4 Å². The first-order valence-electron chi connectivity index (χ1n) is 12.4. The minimum absolute atomic E-state index is 0.0303. The van der Waals surface area contributed by atoms with Gasteiger partial charge in [-0.15, -0.1) is 0 Å². The van der Waals surface area contributed by atoms with Crippen LogP contribution in [0.4, 0.5) is 5.69 Å². The van der Waals surface area contributed by atoms with E-state index in [1.54, 1.807) is 43.3 Å². The van der Waals surface area contributed by atoms with Crippen LogP contribution in [0.3, 0.4) is 0 Å². The van der Waals surface area contributed by atoms with Crippen molar-refractivity contribution in [2.75, 3.05) is 17.4 Å². The standard InChI is InChI=1S/C28H29Cl4N3O4S/c1-18(2)15-33-28(37)19(3)34(16-22-23(29)10-7-11-24(22)30)27(36)17-35(20-12-13-25(31)26(32)14-20)40(38,39)21-8-5-4-6-9-21/h4-14,18-19H,15-17H2,1-3H3,(H,33,37)/t19-/m0/s1. The molecular weight excluding hydrogens is 616 g/mol. The summed E-state index contributed by atoms with van der Waals surface area (Å²) in [6.07, 6.45) is 0. The fraction of sp³-hybridized carbons (Fsp3) is 0.286. The molecule has 0 unspecified atom stereocenters. The second-order valence-electron chi connectivity index (χ2n) is 9.46. The lowest BCUT2D eigenvalue weighted by Gasteiger charge is -2.32. The van der Waals surface area contributed by atoms with Crippen molar-refractivity contribution >= 4 is 73.9 Å². The summed E-state index contributed by atoms with van der Waals surface area (Å²) in [5.41, 5.74) is 0.550. The van der Waals surface area contributed by atoms with E-state index in [2.05, 4.69) is 5.32 Å². The van der Waals surface area contributed by atoms with Crippen molar-refractivity contribution < 1.29 is 18.0 Å². The molecule has 40 heavy (non-hydrogen) atoms. The molecule has 0 saturated heterocycles. The van der Waals surface area contributed by atoms with E-state index in [0.717, 1.165) is 4.31 Å². The number of hydrogen-bond donors (Lipinski definition) is 1. The lowest BCUT2D eigenvalue weighted by atomic mass is 10.1. The number of carbonyl (C=O) groups is 2. The minimum Gasteiger partial charge on any atom is -0.354 e. The number of sulfonamides is 1. The molecule has 0 saturated carbocycles. The smallest absolute Gasteiger partial charge is 0.264 e. The van der Waals surface area contributed by atoms with E-state index in [9.17, 15) is 18.0 Å². The zero-order chi connectivity index (χ0) is 29.6. The van der Waals surface area contributed by atoms with Gasteiger partial charge in [-0.05, 0) is 55.3 Å². The van der Waals surface area contributed by atoms with Crippen molar-refractivity contribution in [3.8, 4) is 0 Å². The lowest BCUT2D eigenvalue weighted by Crippen LogP contribution is -2.51. The third-order valence-corrected chi connectivity index (χ3v) is 9.28. The lowest BCUT2D eigenvalue weighted by molar-refractivity contribution is -0.139. The fourth-order valence-corrected chi connectivity index (χ4v) is 6.01. The number of nitrogens with zero attached hydrogens (tertiary/aromatic N) is 2. The highest BCUT2D eigenvalue weighted by atomic mass is 35.5. The van der Waals surface area contributed by atoms with Crippen molar-refractivity contribution in [2.24, 2.45) is 5.92 Å². The Labute approximate surface area is 255 Å². The second kappa shape index (κ2) is 13.9. The van der Waals surface area contributed by atoms with Crippen LogP contribution < -0.4 is 9.62 Å². The highest BCUT2D eigenvalue weighted by molar-refractivity contribution is 7.92. The minimum atomic E-state index is -4.24. The molecule has 214 valence electrons. The first kappa shape index (κ1) is 32.0. The van der Waals surface area contributed by atoms with Gasteiger partial charge in [0.15, 0.2) is 0 Å². The van der Waals surface area contributed by atoms with E-state index in [-0.39, 0.29) is 33.1 Å². The second-order valence-corrected chi connectivity index (χ2v) is 13.0. The summed E-state index contributed by atoms with van der Waals surface area (Å²) in [6, 6.07) is 15.9. The highest BCUT2D eigenvalue weighted by Gasteiger charge is 2.33. The summed E-state index contributed by atoms with van der Waals surface area (Å²) >= 11 is 25.1. The molecule has 2 amide bonds. The van der Waals surface area contributed by atoms with Gasteiger partial charge in [-0.3, -0.25) is 13.9 Å². The van der Waals surface area contributed by atoms with Crippen LogP contribution in [0.25, 0.3) is 0 Å². The molecule has 0 radical (unpaired) electrons. The SMILES string of the molecule is CC(C)CNC(=O)[C@H](C)N(Cc1c(Cl)cccc1Cl)C(=O)CN(c1ccc(Cl)c(Cl)c1)S(=O)(=O)c1ccccc1. The summed E-state index contributed by atoms with van der Waals surface area (Å²) in [7, 11) is -4.24. The van der Waals surface area contributed by atoms with E-state index in [1.807, 2.05) is 13.8 Å². The number of carbonyl (C=O) groups excluding carboxylic acids is 2. The van der Waals surface area contributed by atoms with Crippen molar-refractivity contribution in [3.63, 3.8) is 0 Å². The molecule has 12 heteroatoms. The van der Waals surface area contributed by atoms with Crippen molar-refractivity contribution in [2.45, 2.75) is 38.3 Å². The van der Waals surface area contributed by atoms with Crippen LogP contribution in [-0.4, -0.2) is 44.3 Å². The van der Waals surface area contributed by atoms with Gasteiger partial charge in [0.2, 0.25) is 11.8 Å². The van der Waals surface area contributed by atoms with Crippen molar-refractivity contribution in [1.82, 2.24) is 10.2 Å². The highest BCUT2D eigenvalue weighted by Crippen LogP contribution is 2.31. The average molecular weight is 645 g/mol. The predicted octanol–water partition coefficient (Wildman–Crippen LogP) is 6.69. The Morgan fingerprint density at radius 2 is 1.45 bits per heavy atom. The number of halogens is 4. The Hall–Kier alpha value is -2.49. The summed E-state index contributed by atoms with van der Waals surface area (Å²) < 4.78 is 28.5. The molecule has 3 aromatic carbocycles. The van der Waals surface area contributed by atoms with Crippen LogP contribution in [0.2, 0.25) is 20.1 Å². The van der Waals surface area contributed by atoms with Gasteiger partial charge in [0, 0.05) is 28.7 Å². The third kappa shape index (κ3) is 7.83. The van der Waals surface area contributed by atoms with Gasteiger partial charge in [0.1, 0.15) is 12.6 Å². The third-order valence-electron chi connectivity index (χ3n) is 6.04. The summed E-state index contributed by atoms with van der Waals surface area (Å²) in [5.74, 6) is -0.884. The molecule has 1 atom stereocenters.